The van der Waals surface area contributed by atoms with Crippen molar-refractivity contribution in [1.29, 1.82) is 0 Å². The molecule has 8 heteroatoms. The van der Waals surface area contributed by atoms with E-state index in [2.05, 4.69) is 5.32 Å². The van der Waals surface area contributed by atoms with E-state index in [0.29, 0.717) is 21.6 Å². The van der Waals surface area contributed by atoms with Crippen LogP contribution in [0.5, 0.6) is 5.75 Å². The minimum atomic E-state index is -0.591. The molecule has 1 aromatic heterocycles. The molecule has 0 aliphatic heterocycles. The average molecular weight is 464 g/mol. The van der Waals surface area contributed by atoms with Crippen molar-refractivity contribution in [2.45, 2.75) is 0 Å². The van der Waals surface area contributed by atoms with Gasteiger partial charge < -0.3 is 19.2 Å². The molecule has 1 amide bonds. The molecule has 166 valence electrons. The third kappa shape index (κ3) is 4.73. The van der Waals surface area contributed by atoms with E-state index < -0.39 is 23.9 Å². The number of amides is 1. The molecule has 4 aromatic rings. The number of halogens is 1. The van der Waals surface area contributed by atoms with Crippen molar-refractivity contribution in [1.82, 2.24) is 0 Å². The van der Waals surface area contributed by atoms with Gasteiger partial charge in [-0.1, -0.05) is 35.9 Å². The zero-order chi connectivity index (χ0) is 23.4. The van der Waals surface area contributed by atoms with Crippen LogP contribution in [0.1, 0.15) is 10.4 Å². The highest BCUT2D eigenvalue weighted by molar-refractivity contribution is 6.30. The Morgan fingerprint density at radius 3 is 2.42 bits per heavy atom. The number of anilines is 1. The van der Waals surface area contributed by atoms with Crippen LogP contribution in [0.25, 0.3) is 22.3 Å². The van der Waals surface area contributed by atoms with Crippen molar-refractivity contribution in [2.24, 2.45) is 0 Å². The van der Waals surface area contributed by atoms with E-state index in [1.807, 2.05) is 0 Å². The molecular weight excluding hydrogens is 446 g/mol. The van der Waals surface area contributed by atoms with Gasteiger partial charge in [0.05, 0.1) is 23.7 Å². The molecule has 0 spiro atoms. The first-order valence-electron chi connectivity index (χ1n) is 9.89. The van der Waals surface area contributed by atoms with Crippen LogP contribution in [0.4, 0.5) is 5.69 Å². The van der Waals surface area contributed by atoms with E-state index in [9.17, 15) is 14.4 Å². The average Bonchev–Trinajstić information content (AvgIpc) is 2.84. The summed E-state index contributed by atoms with van der Waals surface area (Å²) in [6.45, 7) is -0.487. The normalized spacial score (nSPS) is 10.6. The quantitative estimate of drug-likeness (QED) is 0.408. The van der Waals surface area contributed by atoms with Crippen LogP contribution in [-0.2, 0) is 9.53 Å². The van der Waals surface area contributed by atoms with Crippen LogP contribution >= 0.6 is 11.6 Å². The highest BCUT2D eigenvalue weighted by Crippen LogP contribution is 2.31. The Hall–Kier alpha value is -4.10. The van der Waals surface area contributed by atoms with Gasteiger partial charge in [0.25, 0.3) is 5.91 Å². The van der Waals surface area contributed by atoms with Gasteiger partial charge in [-0.15, -0.1) is 0 Å². The fourth-order valence-electron chi connectivity index (χ4n) is 3.25. The summed E-state index contributed by atoms with van der Waals surface area (Å²) in [6.07, 6.45) is 0. The van der Waals surface area contributed by atoms with Crippen LogP contribution in [0.15, 0.2) is 82.0 Å². The summed E-state index contributed by atoms with van der Waals surface area (Å²) >= 11 is 5.98. The van der Waals surface area contributed by atoms with Crippen molar-refractivity contribution < 1.29 is 23.5 Å². The first kappa shape index (κ1) is 22.1. The highest BCUT2D eigenvalue weighted by Gasteiger charge is 2.20. The fraction of sp³-hybridized carbons (Fsp3) is 0.0800. The Kier molecular flexibility index (Phi) is 6.42. The van der Waals surface area contributed by atoms with Crippen molar-refractivity contribution in [3.05, 3.63) is 93.6 Å². The number of carbonyl (C=O) groups is 2. The zero-order valence-corrected chi connectivity index (χ0v) is 18.2. The van der Waals surface area contributed by atoms with Gasteiger partial charge >= 0.3 is 5.97 Å². The van der Waals surface area contributed by atoms with Gasteiger partial charge in [-0.25, -0.2) is 4.79 Å². The number of hydrogen-bond donors (Lipinski definition) is 1. The van der Waals surface area contributed by atoms with Gasteiger partial charge in [0, 0.05) is 10.6 Å². The van der Waals surface area contributed by atoms with Gasteiger partial charge in [0.2, 0.25) is 11.2 Å². The van der Waals surface area contributed by atoms with Crippen LogP contribution in [-0.4, -0.2) is 25.6 Å². The number of benzene rings is 3. The number of methoxy groups -OCH3 is 1. The van der Waals surface area contributed by atoms with Crippen molar-refractivity contribution >= 4 is 40.1 Å². The molecule has 0 bridgehead atoms. The molecule has 7 nitrogen and oxygen atoms in total. The number of hydrogen-bond acceptors (Lipinski definition) is 6. The molecule has 0 aliphatic carbocycles. The second-order valence-corrected chi connectivity index (χ2v) is 7.40. The monoisotopic (exact) mass is 463 g/mol. The predicted octanol–water partition coefficient (Wildman–Crippen LogP) is 4.92. The number of fused-ring (bicyclic) bond motifs is 1. The number of esters is 1. The van der Waals surface area contributed by atoms with Gasteiger partial charge in [-0.2, -0.15) is 0 Å². The minimum absolute atomic E-state index is 0.104. The van der Waals surface area contributed by atoms with Gasteiger partial charge in [0.15, 0.2) is 12.4 Å². The summed E-state index contributed by atoms with van der Waals surface area (Å²) in [5.74, 6) is -1.08. The first-order valence-corrected chi connectivity index (χ1v) is 10.3. The summed E-state index contributed by atoms with van der Waals surface area (Å²) in [5.41, 5.74) is 0.997. The lowest BCUT2D eigenvalue weighted by Crippen LogP contribution is -2.23. The highest BCUT2D eigenvalue weighted by atomic mass is 35.5. The first-order chi connectivity index (χ1) is 16.0. The summed E-state index contributed by atoms with van der Waals surface area (Å²) in [4.78, 5) is 37.6. The number of carbonyl (C=O) groups excluding carboxylic acids is 2. The fourth-order valence-corrected chi connectivity index (χ4v) is 3.38. The molecule has 4 rings (SSSR count). The number of rotatable bonds is 6. The van der Waals surface area contributed by atoms with E-state index in [0.717, 1.165) is 0 Å². The second-order valence-electron chi connectivity index (χ2n) is 6.97. The lowest BCUT2D eigenvalue weighted by atomic mass is 10.1. The number of ether oxygens (including phenoxy) is 2. The van der Waals surface area contributed by atoms with Gasteiger partial charge in [-0.3, -0.25) is 9.59 Å². The van der Waals surface area contributed by atoms with Crippen LogP contribution in [0, 0.1) is 0 Å². The number of nitrogens with one attached hydrogen (secondary N) is 1. The topological polar surface area (TPSA) is 94.8 Å². The number of para-hydroxylation sites is 2. The molecule has 3 aromatic carbocycles. The molecule has 0 atom stereocenters. The lowest BCUT2D eigenvalue weighted by molar-refractivity contribution is -0.118. The summed E-state index contributed by atoms with van der Waals surface area (Å²) < 4.78 is 16.3. The van der Waals surface area contributed by atoms with E-state index >= 15 is 0 Å². The molecular formula is C25H18ClNO6. The molecule has 0 saturated carbocycles. The maximum absolute atomic E-state index is 13.1. The molecule has 0 radical (unpaired) electrons. The van der Waals surface area contributed by atoms with E-state index in [1.54, 1.807) is 66.7 Å². The predicted molar refractivity (Wildman–Crippen MR) is 125 cm³/mol. The Bertz CT molecular complexity index is 1390. The molecule has 1 N–H and O–H groups in total. The Morgan fingerprint density at radius 1 is 0.970 bits per heavy atom. The molecule has 33 heavy (non-hydrogen) atoms. The molecule has 0 aliphatic rings. The van der Waals surface area contributed by atoms with Crippen molar-refractivity contribution in [3.8, 4) is 17.1 Å². The molecule has 0 fully saturated rings. The zero-order valence-electron chi connectivity index (χ0n) is 17.5. The van der Waals surface area contributed by atoms with Crippen LogP contribution in [0.2, 0.25) is 5.02 Å². The van der Waals surface area contributed by atoms with Gasteiger partial charge in [-0.05, 0) is 48.5 Å². The van der Waals surface area contributed by atoms with E-state index in [4.69, 9.17) is 25.5 Å². The maximum Gasteiger partial charge on any atom is 0.339 e. The molecule has 1 heterocycles. The Morgan fingerprint density at radius 2 is 1.67 bits per heavy atom. The summed E-state index contributed by atoms with van der Waals surface area (Å²) in [5, 5.41) is 3.45. The van der Waals surface area contributed by atoms with Crippen molar-refractivity contribution in [2.75, 3.05) is 19.0 Å². The van der Waals surface area contributed by atoms with E-state index in [1.165, 1.54) is 13.2 Å². The van der Waals surface area contributed by atoms with Gasteiger partial charge in [0.1, 0.15) is 5.58 Å². The molecule has 0 unspecified atom stereocenters. The summed E-state index contributed by atoms with van der Waals surface area (Å²) in [6, 6.07) is 19.9. The third-order valence-corrected chi connectivity index (χ3v) is 5.07. The lowest BCUT2D eigenvalue weighted by Gasteiger charge is -2.13. The Balaban J connectivity index is 1.65. The third-order valence-electron chi connectivity index (χ3n) is 4.82. The summed E-state index contributed by atoms with van der Waals surface area (Å²) in [7, 11) is 1.25. The maximum atomic E-state index is 13.1. The smallest absolute Gasteiger partial charge is 0.339 e. The Labute approximate surface area is 193 Å². The standard InChI is InChI=1S/C25H18ClNO6/c1-31-25(30)17-6-2-4-8-19(17)27-21(28)14-32-24-22(29)18-7-3-5-9-20(18)33-23(24)15-10-12-16(26)13-11-15/h2-13H,14H2,1H3,(H,27,28). The van der Waals surface area contributed by atoms with Crippen LogP contribution in [0.3, 0.4) is 0 Å². The van der Waals surface area contributed by atoms with Crippen LogP contribution < -0.4 is 15.5 Å². The minimum Gasteiger partial charge on any atom is -0.476 e. The molecule has 0 saturated heterocycles. The van der Waals surface area contributed by atoms with Crippen molar-refractivity contribution in [3.63, 3.8) is 0 Å². The van der Waals surface area contributed by atoms with E-state index in [-0.39, 0.29) is 22.8 Å². The largest absolute Gasteiger partial charge is 0.476 e. The second kappa shape index (κ2) is 9.58. The SMILES string of the molecule is COC(=O)c1ccccc1NC(=O)COc1c(-c2ccc(Cl)cc2)oc2ccccc2c1=O.